The van der Waals surface area contributed by atoms with Crippen LogP contribution in [-0.2, 0) is 0 Å². The van der Waals surface area contributed by atoms with Crippen molar-refractivity contribution in [1.29, 1.82) is 0 Å². The van der Waals surface area contributed by atoms with Crippen molar-refractivity contribution < 1.29 is 9.90 Å². The van der Waals surface area contributed by atoms with Gasteiger partial charge in [0.2, 0.25) is 0 Å². The van der Waals surface area contributed by atoms with Crippen LogP contribution in [0.2, 0.25) is 0 Å². The average Bonchev–Trinajstić information content (AvgIpc) is 3.40. The summed E-state index contributed by atoms with van der Waals surface area (Å²) in [5, 5.41) is 20.8. The Morgan fingerprint density at radius 1 is 1.30 bits per heavy atom. The predicted molar refractivity (Wildman–Crippen MR) is 119 cm³/mol. The van der Waals surface area contributed by atoms with Crippen molar-refractivity contribution >= 4 is 33.8 Å². The van der Waals surface area contributed by atoms with Crippen LogP contribution in [0.3, 0.4) is 0 Å². The Morgan fingerprint density at radius 3 is 2.97 bits per heavy atom. The van der Waals surface area contributed by atoms with Crippen LogP contribution >= 0.6 is 11.3 Å². The van der Waals surface area contributed by atoms with Gasteiger partial charge in [0.25, 0.3) is 5.91 Å². The van der Waals surface area contributed by atoms with E-state index in [0.29, 0.717) is 36.4 Å². The molecule has 3 aliphatic heterocycles. The van der Waals surface area contributed by atoms with Crippen LogP contribution in [0.5, 0.6) is 0 Å². The Kier molecular flexibility index (Phi) is 5.41. The summed E-state index contributed by atoms with van der Waals surface area (Å²) >= 11 is 1.38. The number of nitrogens with zero attached hydrogens (tertiary/aromatic N) is 3. The Morgan fingerprint density at radius 2 is 2.13 bits per heavy atom. The van der Waals surface area contributed by atoms with Crippen molar-refractivity contribution in [3.8, 4) is 0 Å². The summed E-state index contributed by atoms with van der Waals surface area (Å²) in [7, 11) is 0. The molecule has 1 amide bonds. The lowest BCUT2D eigenvalue weighted by molar-refractivity contribution is 0.0944. The molecule has 4 heterocycles. The van der Waals surface area contributed by atoms with Crippen LogP contribution in [0.1, 0.15) is 39.8 Å². The van der Waals surface area contributed by atoms with Gasteiger partial charge in [-0.2, -0.15) is 0 Å². The van der Waals surface area contributed by atoms with E-state index in [1.165, 1.54) is 11.3 Å². The fourth-order valence-corrected chi connectivity index (χ4v) is 5.28. The fraction of sp³-hybridized carbons (Fsp3) is 0.476. The van der Waals surface area contributed by atoms with E-state index in [9.17, 15) is 9.90 Å². The van der Waals surface area contributed by atoms with Crippen molar-refractivity contribution in [2.45, 2.75) is 18.8 Å². The smallest absolute Gasteiger partial charge is 0.280 e. The zero-order valence-electron chi connectivity index (χ0n) is 16.7. The van der Waals surface area contributed by atoms with E-state index in [0.717, 1.165) is 48.0 Å². The number of carbonyl (C=O) groups is 1. The number of benzene rings is 1. The quantitative estimate of drug-likeness (QED) is 0.592. The molecule has 158 valence electrons. The highest BCUT2D eigenvalue weighted by atomic mass is 32.1. The van der Waals surface area contributed by atoms with Gasteiger partial charge in [-0.05, 0) is 43.5 Å². The molecule has 9 heteroatoms. The van der Waals surface area contributed by atoms with Gasteiger partial charge in [-0.15, -0.1) is 0 Å². The Labute approximate surface area is 179 Å². The van der Waals surface area contributed by atoms with E-state index < -0.39 is 0 Å². The molecule has 0 spiro atoms. The van der Waals surface area contributed by atoms with Gasteiger partial charge in [0, 0.05) is 24.7 Å². The molecule has 4 N–H and O–H groups in total. The molecule has 1 saturated heterocycles. The largest absolute Gasteiger partial charge is 0.396 e. The van der Waals surface area contributed by atoms with Crippen molar-refractivity contribution in [2.24, 2.45) is 10.9 Å². The van der Waals surface area contributed by atoms with Crippen molar-refractivity contribution in [3.05, 3.63) is 40.5 Å². The number of fused-ring (bicyclic) bond motifs is 2. The summed E-state index contributed by atoms with van der Waals surface area (Å²) in [5.41, 5.74) is 2.89. The lowest BCUT2D eigenvalue weighted by Gasteiger charge is -2.24. The molecule has 1 aromatic heterocycles. The SMILES string of the molecule is O=C(NCC1CCNCC1)c1nc2c(s1)NCN=C2N1C[C@H](CO)c2ccccc21. The number of amidine groups is 1. The maximum atomic E-state index is 12.7. The molecular formula is C21H26N6O2S. The van der Waals surface area contributed by atoms with E-state index in [1.54, 1.807) is 0 Å². The maximum absolute atomic E-state index is 12.7. The minimum atomic E-state index is -0.121. The first-order chi connectivity index (χ1) is 14.7. The second-order valence-electron chi connectivity index (χ2n) is 7.97. The van der Waals surface area contributed by atoms with Gasteiger partial charge in [-0.3, -0.25) is 4.79 Å². The molecule has 1 atom stereocenters. The summed E-state index contributed by atoms with van der Waals surface area (Å²) < 4.78 is 0. The highest BCUT2D eigenvalue weighted by molar-refractivity contribution is 7.18. The minimum Gasteiger partial charge on any atom is -0.396 e. The van der Waals surface area contributed by atoms with Crippen LogP contribution < -0.4 is 20.9 Å². The summed E-state index contributed by atoms with van der Waals surface area (Å²) in [4.78, 5) is 24.2. The first kappa shape index (κ1) is 19.5. The topological polar surface area (TPSA) is 102 Å². The number of nitrogens with one attached hydrogen (secondary N) is 3. The summed E-state index contributed by atoms with van der Waals surface area (Å²) in [6.07, 6.45) is 2.18. The molecule has 5 rings (SSSR count). The molecule has 1 aromatic carbocycles. The summed E-state index contributed by atoms with van der Waals surface area (Å²) in [5.74, 6) is 1.22. The second kappa shape index (κ2) is 8.33. The summed E-state index contributed by atoms with van der Waals surface area (Å²) in [6, 6.07) is 8.09. The number of rotatable bonds is 4. The zero-order valence-corrected chi connectivity index (χ0v) is 17.5. The number of aliphatic hydroxyl groups excluding tert-OH is 1. The number of piperidine rings is 1. The van der Waals surface area contributed by atoms with Gasteiger partial charge < -0.3 is 26.0 Å². The Balaban J connectivity index is 1.35. The number of thiazole rings is 1. The lowest BCUT2D eigenvalue weighted by Crippen LogP contribution is -2.36. The van der Waals surface area contributed by atoms with E-state index in [1.807, 2.05) is 18.2 Å². The van der Waals surface area contributed by atoms with Crippen molar-refractivity contribution in [1.82, 2.24) is 15.6 Å². The van der Waals surface area contributed by atoms with Crippen molar-refractivity contribution in [2.75, 3.05) is 49.7 Å². The molecule has 3 aliphatic rings. The maximum Gasteiger partial charge on any atom is 0.280 e. The summed E-state index contributed by atoms with van der Waals surface area (Å²) in [6.45, 7) is 3.92. The first-order valence-electron chi connectivity index (χ1n) is 10.5. The van der Waals surface area contributed by atoms with E-state index in [2.05, 4.69) is 36.9 Å². The minimum absolute atomic E-state index is 0.0497. The van der Waals surface area contributed by atoms with Crippen molar-refractivity contribution in [3.63, 3.8) is 0 Å². The zero-order chi connectivity index (χ0) is 20.5. The van der Waals surface area contributed by atoms with Gasteiger partial charge in [-0.25, -0.2) is 9.98 Å². The average molecular weight is 427 g/mol. The van der Waals surface area contributed by atoms with Gasteiger partial charge in [0.1, 0.15) is 17.4 Å². The predicted octanol–water partition coefficient (Wildman–Crippen LogP) is 1.60. The molecule has 1 fully saturated rings. The molecule has 0 unspecified atom stereocenters. The highest BCUT2D eigenvalue weighted by Crippen LogP contribution is 2.39. The van der Waals surface area contributed by atoms with Gasteiger partial charge in [-0.1, -0.05) is 29.5 Å². The molecule has 30 heavy (non-hydrogen) atoms. The van der Waals surface area contributed by atoms with Gasteiger partial charge >= 0.3 is 0 Å². The third-order valence-corrected chi connectivity index (χ3v) is 7.07. The third kappa shape index (κ3) is 3.57. The highest BCUT2D eigenvalue weighted by Gasteiger charge is 2.34. The molecule has 2 aromatic rings. The second-order valence-corrected chi connectivity index (χ2v) is 8.96. The number of hydrogen-bond acceptors (Lipinski definition) is 8. The molecule has 0 radical (unpaired) electrons. The molecule has 0 aliphatic carbocycles. The molecule has 8 nitrogen and oxygen atoms in total. The number of aliphatic imine (C=N–C) groups is 1. The van der Waals surface area contributed by atoms with Crippen LogP contribution in [0, 0.1) is 5.92 Å². The lowest BCUT2D eigenvalue weighted by atomic mass is 9.98. The molecular weight excluding hydrogens is 400 g/mol. The monoisotopic (exact) mass is 426 g/mol. The number of anilines is 2. The van der Waals surface area contributed by atoms with Gasteiger partial charge in [0.05, 0.1) is 6.61 Å². The molecule has 0 saturated carbocycles. The fourth-order valence-electron chi connectivity index (χ4n) is 4.41. The Bertz CT molecular complexity index is 968. The molecule has 0 bridgehead atoms. The Hall–Kier alpha value is -2.49. The first-order valence-corrected chi connectivity index (χ1v) is 11.3. The van der Waals surface area contributed by atoms with Crippen LogP contribution in [0.25, 0.3) is 0 Å². The number of aliphatic hydroxyl groups is 1. The van der Waals surface area contributed by atoms with E-state index >= 15 is 0 Å². The number of carbonyl (C=O) groups excluding carboxylic acids is 1. The van der Waals surface area contributed by atoms with Crippen LogP contribution in [0.4, 0.5) is 10.7 Å². The normalized spacial score (nSPS) is 20.9. The van der Waals surface area contributed by atoms with Crippen LogP contribution in [0.15, 0.2) is 29.3 Å². The number of aromatic nitrogens is 1. The van der Waals surface area contributed by atoms with Gasteiger partial charge in [0.15, 0.2) is 10.8 Å². The third-order valence-electron chi connectivity index (χ3n) is 6.06. The van der Waals surface area contributed by atoms with Crippen LogP contribution in [-0.4, -0.2) is 61.3 Å². The standard InChI is InChI=1S/C21H26N6O2S/c28-11-14-10-27(16-4-2-1-3-15(14)16)18-17-20(25-12-24-18)30-21(26-17)19(29)23-9-13-5-7-22-8-6-13/h1-4,13-14,22,25,28H,5-12H2,(H,23,29)/t14-/m1/s1. The van der Waals surface area contributed by atoms with E-state index in [4.69, 9.17) is 0 Å². The number of amides is 1. The number of hydrogen-bond donors (Lipinski definition) is 4. The number of para-hydroxylation sites is 1. The van der Waals surface area contributed by atoms with E-state index in [-0.39, 0.29) is 18.4 Å².